The number of nitrogens with zero attached hydrogens (tertiary/aromatic N) is 2. The van der Waals surface area contributed by atoms with E-state index in [-0.39, 0.29) is 11.3 Å². The Balaban J connectivity index is 2.35. The van der Waals surface area contributed by atoms with Gasteiger partial charge in [-0.15, -0.1) is 0 Å². The van der Waals surface area contributed by atoms with Gasteiger partial charge in [0.2, 0.25) is 5.91 Å². The highest BCUT2D eigenvalue weighted by atomic mass is 16.5. The van der Waals surface area contributed by atoms with Crippen LogP contribution in [0.15, 0.2) is 0 Å². The summed E-state index contributed by atoms with van der Waals surface area (Å²) in [6.45, 7) is 12.8. The van der Waals surface area contributed by atoms with Gasteiger partial charge in [0.15, 0.2) is 0 Å². The number of aliphatic hydroxyl groups excluding tert-OH is 1. The third kappa shape index (κ3) is 5.04. The number of amides is 1. The van der Waals surface area contributed by atoms with Gasteiger partial charge in [-0.25, -0.2) is 0 Å². The summed E-state index contributed by atoms with van der Waals surface area (Å²) in [5.41, 5.74) is -0.267. The predicted molar refractivity (Wildman–Crippen MR) is 79.6 cm³/mol. The average Bonchev–Trinajstić information content (AvgIpc) is 2.45. The molecule has 0 aromatic carbocycles. The van der Waals surface area contributed by atoms with Crippen LogP contribution in [-0.4, -0.2) is 72.9 Å². The number of hydrogen-bond acceptors (Lipinski definition) is 4. The Hall–Kier alpha value is -0.650. The van der Waals surface area contributed by atoms with Crippen molar-refractivity contribution in [1.82, 2.24) is 9.80 Å². The molecule has 1 atom stereocenters. The van der Waals surface area contributed by atoms with E-state index in [1.807, 2.05) is 25.7 Å². The molecule has 5 nitrogen and oxygen atoms in total. The first kappa shape index (κ1) is 17.4. The Labute approximate surface area is 122 Å². The lowest BCUT2D eigenvalue weighted by atomic mass is 9.88. The Morgan fingerprint density at radius 1 is 1.25 bits per heavy atom. The normalized spacial score (nSPS) is 19.1. The molecule has 0 bridgehead atoms. The van der Waals surface area contributed by atoms with E-state index in [9.17, 15) is 9.90 Å². The molecule has 0 aromatic rings. The largest absolute Gasteiger partial charge is 0.389 e. The van der Waals surface area contributed by atoms with E-state index >= 15 is 0 Å². The van der Waals surface area contributed by atoms with E-state index in [1.165, 1.54) is 0 Å². The monoisotopic (exact) mass is 286 g/mol. The van der Waals surface area contributed by atoms with E-state index in [0.717, 1.165) is 32.6 Å². The summed E-state index contributed by atoms with van der Waals surface area (Å²) in [5.74, 6) is 0.245. The van der Waals surface area contributed by atoms with Gasteiger partial charge in [0.1, 0.15) is 0 Å². The number of rotatable bonds is 7. The van der Waals surface area contributed by atoms with Crippen LogP contribution in [0.25, 0.3) is 0 Å². The first-order valence-corrected chi connectivity index (χ1v) is 7.68. The van der Waals surface area contributed by atoms with Crippen LogP contribution >= 0.6 is 0 Å². The molecule has 0 unspecified atom stereocenters. The topological polar surface area (TPSA) is 53.0 Å². The maximum absolute atomic E-state index is 12.4. The van der Waals surface area contributed by atoms with Gasteiger partial charge in [-0.3, -0.25) is 9.69 Å². The summed E-state index contributed by atoms with van der Waals surface area (Å²) in [5, 5.41) is 9.83. The maximum Gasteiger partial charge on any atom is 0.228 e. The van der Waals surface area contributed by atoms with Crippen LogP contribution in [0.3, 0.4) is 0 Å². The first-order valence-electron chi connectivity index (χ1n) is 7.68. The van der Waals surface area contributed by atoms with Crippen LogP contribution in [0.4, 0.5) is 0 Å². The van der Waals surface area contributed by atoms with E-state index < -0.39 is 6.10 Å². The van der Waals surface area contributed by atoms with Crippen LogP contribution in [0, 0.1) is 5.41 Å². The van der Waals surface area contributed by atoms with Gasteiger partial charge in [0.05, 0.1) is 12.7 Å². The lowest BCUT2D eigenvalue weighted by Gasteiger charge is -2.38. The van der Waals surface area contributed by atoms with Crippen molar-refractivity contribution in [3.63, 3.8) is 0 Å². The lowest BCUT2D eigenvalue weighted by Crippen LogP contribution is -2.53. The zero-order chi connectivity index (χ0) is 15.2. The fourth-order valence-electron chi connectivity index (χ4n) is 2.32. The van der Waals surface area contributed by atoms with E-state index in [2.05, 4.69) is 11.8 Å². The third-order valence-corrected chi connectivity index (χ3v) is 4.11. The van der Waals surface area contributed by atoms with Crippen molar-refractivity contribution in [1.29, 1.82) is 0 Å². The molecular weight excluding hydrogens is 256 g/mol. The molecule has 1 aliphatic rings. The summed E-state index contributed by atoms with van der Waals surface area (Å²) in [4.78, 5) is 16.5. The molecule has 1 amide bonds. The molecule has 0 aromatic heterocycles. The van der Waals surface area contributed by atoms with Crippen molar-refractivity contribution < 1.29 is 14.6 Å². The van der Waals surface area contributed by atoms with Crippen molar-refractivity contribution in [2.75, 3.05) is 45.9 Å². The Kier molecular flexibility index (Phi) is 6.92. The van der Waals surface area contributed by atoms with Gasteiger partial charge in [-0.05, 0) is 13.3 Å². The number of carbonyl (C=O) groups is 1. The molecule has 1 fully saturated rings. The molecule has 5 heteroatoms. The molecular formula is C15H30N2O3. The van der Waals surface area contributed by atoms with Crippen LogP contribution in [0.2, 0.25) is 0 Å². The van der Waals surface area contributed by atoms with Gasteiger partial charge in [-0.2, -0.15) is 0 Å². The molecule has 0 radical (unpaired) electrons. The molecule has 20 heavy (non-hydrogen) atoms. The standard InChI is InChI=1S/C15H30N2O3/c1-5-15(3,4)14(19)17-9-7-16(8-10-17)11-13(18)12-20-6-2/h13,18H,5-12H2,1-4H3/t13-/m1/s1. The quantitative estimate of drug-likeness (QED) is 0.757. The maximum atomic E-state index is 12.4. The highest BCUT2D eigenvalue weighted by molar-refractivity contribution is 5.82. The van der Waals surface area contributed by atoms with Gasteiger partial charge in [-0.1, -0.05) is 20.8 Å². The molecule has 0 aliphatic carbocycles. The number of β-amino-alcohol motifs (C(OH)–C–C–N with tert-alkyl or cyclic N) is 1. The average molecular weight is 286 g/mol. The Morgan fingerprint density at radius 3 is 2.35 bits per heavy atom. The van der Waals surface area contributed by atoms with Crippen LogP contribution in [-0.2, 0) is 9.53 Å². The van der Waals surface area contributed by atoms with E-state index in [0.29, 0.717) is 19.8 Å². The molecule has 1 N–H and O–H groups in total. The minimum absolute atomic E-state index is 0.245. The number of hydrogen-bond donors (Lipinski definition) is 1. The molecule has 1 aliphatic heterocycles. The second-order valence-electron chi connectivity index (χ2n) is 6.14. The molecule has 0 spiro atoms. The predicted octanol–water partition coefficient (Wildman–Crippen LogP) is 0.964. The van der Waals surface area contributed by atoms with E-state index in [4.69, 9.17) is 4.74 Å². The molecule has 118 valence electrons. The molecule has 1 heterocycles. The number of aliphatic hydroxyl groups is 1. The number of ether oxygens (including phenoxy) is 1. The number of piperazine rings is 1. The zero-order valence-electron chi connectivity index (χ0n) is 13.4. The SMILES string of the molecule is CCOC[C@H](O)CN1CCN(C(=O)C(C)(C)CC)CC1. The van der Waals surface area contributed by atoms with Crippen LogP contribution in [0.1, 0.15) is 34.1 Å². The van der Waals surface area contributed by atoms with Crippen molar-refractivity contribution in [3.05, 3.63) is 0 Å². The fraction of sp³-hybridized carbons (Fsp3) is 0.933. The zero-order valence-corrected chi connectivity index (χ0v) is 13.4. The minimum atomic E-state index is -0.440. The van der Waals surface area contributed by atoms with Gasteiger partial charge < -0.3 is 14.7 Å². The summed E-state index contributed by atoms with van der Waals surface area (Å²) in [6, 6.07) is 0. The smallest absolute Gasteiger partial charge is 0.228 e. The Bertz CT molecular complexity index is 299. The molecule has 1 rings (SSSR count). The number of carbonyl (C=O) groups excluding carboxylic acids is 1. The van der Waals surface area contributed by atoms with Gasteiger partial charge >= 0.3 is 0 Å². The first-order chi connectivity index (χ1) is 9.40. The summed E-state index contributed by atoms with van der Waals surface area (Å²) in [6.07, 6.45) is 0.420. The van der Waals surface area contributed by atoms with Crippen molar-refractivity contribution in [2.45, 2.75) is 40.2 Å². The van der Waals surface area contributed by atoms with Crippen molar-refractivity contribution in [3.8, 4) is 0 Å². The van der Waals surface area contributed by atoms with Crippen molar-refractivity contribution in [2.24, 2.45) is 5.41 Å². The molecule has 0 saturated carbocycles. The van der Waals surface area contributed by atoms with E-state index in [1.54, 1.807) is 0 Å². The van der Waals surface area contributed by atoms with Gasteiger partial charge in [0, 0.05) is 44.7 Å². The van der Waals surface area contributed by atoms with Gasteiger partial charge in [0.25, 0.3) is 0 Å². The summed E-state index contributed by atoms with van der Waals surface area (Å²) < 4.78 is 5.21. The fourth-order valence-corrected chi connectivity index (χ4v) is 2.32. The molecule has 1 saturated heterocycles. The van der Waals surface area contributed by atoms with Crippen LogP contribution < -0.4 is 0 Å². The Morgan fingerprint density at radius 2 is 1.85 bits per heavy atom. The highest BCUT2D eigenvalue weighted by Gasteiger charge is 2.32. The second-order valence-corrected chi connectivity index (χ2v) is 6.14. The summed E-state index contributed by atoms with van der Waals surface area (Å²) in [7, 11) is 0. The van der Waals surface area contributed by atoms with Crippen molar-refractivity contribution >= 4 is 5.91 Å². The second kappa shape index (κ2) is 7.96. The highest BCUT2D eigenvalue weighted by Crippen LogP contribution is 2.23. The summed E-state index contributed by atoms with van der Waals surface area (Å²) >= 11 is 0. The minimum Gasteiger partial charge on any atom is -0.389 e. The third-order valence-electron chi connectivity index (χ3n) is 4.11. The lowest BCUT2D eigenvalue weighted by molar-refractivity contribution is -0.142. The van der Waals surface area contributed by atoms with Crippen LogP contribution in [0.5, 0.6) is 0 Å².